The Hall–Kier alpha value is -4.77. The van der Waals surface area contributed by atoms with Gasteiger partial charge in [-0.3, -0.25) is 5.43 Å². The summed E-state index contributed by atoms with van der Waals surface area (Å²) in [5, 5.41) is 20.1. The molecular formula is C32H39N5O6. The minimum Gasteiger partial charge on any atom is -0.490 e. The second kappa shape index (κ2) is 13.5. The molecular weight excluding hydrogens is 550 g/mol. The first kappa shape index (κ1) is 31.2. The molecule has 2 amide bonds. The van der Waals surface area contributed by atoms with Crippen molar-refractivity contribution in [2.45, 2.75) is 53.8 Å². The fraction of sp³-hybridized carbons (Fsp3) is 0.344. The van der Waals surface area contributed by atoms with Gasteiger partial charge in [0, 0.05) is 28.3 Å². The van der Waals surface area contributed by atoms with Gasteiger partial charge in [-0.2, -0.15) is 5.10 Å². The maximum Gasteiger partial charge on any atom is 0.337 e. The van der Waals surface area contributed by atoms with E-state index in [1.165, 1.54) is 18.2 Å². The van der Waals surface area contributed by atoms with Gasteiger partial charge in [0.05, 0.1) is 31.5 Å². The molecule has 4 N–H and O–H groups in total. The van der Waals surface area contributed by atoms with Crippen molar-refractivity contribution in [3.8, 4) is 17.2 Å². The quantitative estimate of drug-likeness (QED) is 0.114. The molecule has 1 aromatic heterocycles. The third kappa shape index (κ3) is 7.18. The molecule has 2 atom stereocenters. The highest BCUT2D eigenvalue weighted by molar-refractivity contribution is 5.95. The molecule has 1 aliphatic rings. The maximum absolute atomic E-state index is 12.5. The van der Waals surface area contributed by atoms with Crippen LogP contribution in [-0.2, 0) is 9.53 Å². The lowest BCUT2D eigenvalue weighted by molar-refractivity contribution is -0.136. The highest BCUT2D eigenvalue weighted by Crippen LogP contribution is 2.35. The zero-order valence-corrected chi connectivity index (χ0v) is 25.6. The summed E-state index contributed by atoms with van der Waals surface area (Å²) in [5.41, 5.74) is 10.5. The van der Waals surface area contributed by atoms with Gasteiger partial charge < -0.3 is 34.5 Å². The summed E-state index contributed by atoms with van der Waals surface area (Å²) in [6.45, 7) is 11.9. The summed E-state index contributed by atoms with van der Waals surface area (Å²) in [6.07, 6.45) is 0.570. The first-order valence-corrected chi connectivity index (χ1v) is 14.0. The third-order valence-electron chi connectivity index (χ3n) is 7.03. The molecule has 0 spiro atoms. The van der Waals surface area contributed by atoms with Gasteiger partial charge >= 0.3 is 12.0 Å². The van der Waals surface area contributed by atoms with Gasteiger partial charge in [-0.25, -0.2) is 9.59 Å². The van der Waals surface area contributed by atoms with Crippen molar-refractivity contribution in [3.63, 3.8) is 0 Å². The smallest absolute Gasteiger partial charge is 0.337 e. The predicted molar refractivity (Wildman–Crippen MR) is 164 cm³/mol. The van der Waals surface area contributed by atoms with Crippen LogP contribution in [0, 0.1) is 27.7 Å². The highest BCUT2D eigenvalue weighted by atomic mass is 16.5. The number of carbonyl (C=O) groups excluding carboxylic acids is 2. The van der Waals surface area contributed by atoms with Crippen LogP contribution in [0.3, 0.4) is 0 Å². The lowest BCUT2D eigenvalue weighted by atomic mass is 9.95. The Morgan fingerprint density at radius 2 is 1.79 bits per heavy atom. The van der Waals surface area contributed by atoms with Gasteiger partial charge in [-0.05, 0) is 88.6 Å². The number of methoxy groups -OCH3 is 1. The molecule has 0 fully saturated rings. The highest BCUT2D eigenvalue weighted by Gasteiger charge is 2.32. The number of aromatic nitrogens is 1. The van der Waals surface area contributed by atoms with E-state index in [0.29, 0.717) is 29.4 Å². The van der Waals surface area contributed by atoms with Gasteiger partial charge in [-0.15, -0.1) is 0 Å². The molecule has 0 radical (unpaired) electrons. The Bertz CT molecular complexity index is 1550. The predicted octanol–water partition coefficient (Wildman–Crippen LogP) is 4.23. The van der Waals surface area contributed by atoms with Crippen LogP contribution in [0.5, 0.6) is 11.5 Å². The zero-order chi connectivity index (χ0) is 31.3. The monoisotopic (exact) mass is 589 g/mol. The number of aliphatic hydroxyl groups is 1. The molecule has 11 heteroatoms. The maximum atomic E-state index is 12.5. The number of amides is 2. The lowest BCUT2D eigenvalue weighted by Gasteiger charge is -2.28. The topological polar surface area (TPSA) is 135 Å². The summed E-state index contributed by atoms with van der Waals surface area (Å²) in [7, 11) is 1.28. The Labute approximate surface area is 251 Å². The summed E-state index contributed by atoms with van der Waals surface area (Å²) >= 11 is 0. The number of carbonyl (C=O) groups is 2. The number of hydrogen-bond donors (Lipinski definition) is 4. The number of urea groups is 1. The van der Waals surface area contributed by atoms with Crippen LogP contribution in [0.4, 0.5) is 4.79 Å². The zero-order valence-electron chi connectivity index (χ0n) is 25.6. The molecule has 0 saturated heterocycles. The Morgan fingerprint density at radius 3 is 2.47 bits per heavy atom. The average molecular weight is 590 g/mol. The van der Waals surface area contributed by atoms with Gasteiger partial charge in [0.1, 0.15) is 6.61 Å². The minimum atomic E-state index is -1.10. The van der Waals surface area contributed by atoms with Crippen LogP contribution in [0.1, 0.15) is 53.5 Å². The van der Waals surface area contributed by atoms with Crippen molar-refractivity contribution in [1.29, 1.82) is 0 Å². The van der Waals surface area contributed by atoms with Gasteiger partial charge in [0.15, 0.2) is 17.7 Å². The standard InChI is InChI=1S/C32H39N5O6/c1-8-42-27-15-23(30-29(31(39)41-7)21(5)34-32(40)35-30)9-10-26(27)43-17-28(38)36-33-16-24-14-20(4)37(22(24)6)25-12-18(2)11-19(3)13-25/h9-16,28,30,36,38H,8,17H2,1-7H3,(H2,34,35,40)/b33-16-/t28-,30-/m1/s1. The van der Waals surface area contributed by atoms with Gasteiger partial charge in [-0.1, -0.05) is 12.1 Å². The normalized spacial score (nSPS) is 15.6. The van der Waals surface area contributed by atoms with Crippen LogP contribution in [-0.4, -0.2) is 54.4 Å². The molecule has 11 nitrogen and oxygen atoms in total. The summed E-state index contributed by atoms with van der Waals surface area (Å²) in [5.74, 6) is 0.215. The number of nitrogens with zero attached hydrogens (tertiary/aromatic N) is 2. The third-order valence-corrected chi connectivity index (χ3v) is 7.03. The molecule has 1 aliphatic heterocycles. The number of rotatable bonds is 11. The van der Waals surface area contributed by atoms with Crippen molar-refractivity contribution >= 4 is 18.2 Å². The molecule has 0 unspecified atom stereocenters. The van der Waals surface area contributed by atoms with Gasteiger partial charge in [0.25, 0.3) is 0 Å². The van der Waals surface area contributed by atoms with E-state index in [1.807, 2.05) is 26.8 Å². The van der Waals surface area contributed by atoms with E-state index in [9.17, 15) is 14.7 Å². The second-order valence-electron chi connectivity index (χ2n) is 10.4. The Kier molecular flexibility index (Phi) is 9.77. The summed E-state index contributed by atoms with van der Waals surface area (Å²) in [4.78, 5) is 24.6. The van der Waals surface area contributed by atoms with Crippen LogP contribution in [0.2, 0.25) is 0 Å². The fourth-order valence-corrected chi connectivity index (χ4v) is 5.21. The lowest BCUT2D eigenvalue weighted by Crippen LogP contribution is -2.45. The molecule has 0 saturated carbocycles. The molecule has 4 rings (SSSR count). The average Bonchev–Trinajstić information content (AvgIpc) is 3.23. The number of esters is 1. The molecule has 2 heterocycles. The number of aliphatic hydroxyl groups excluding tert-OH is 1. The number of benzene rings is 2. The van der Waals surface area contributed by atoms with Gasteiger partial charge in [0.2, 0.25) is 0 Å². The Balaban J connectivity index is 1.44. The van der Waals surface area contributed by atoms with Crippen LogP contribution in [0.15, 0.2) is 58.8 Å². The van der Waals surface area contributed by atoms with Crippen molar-refractivity contribution < 1.29 is 28.9 Å². The fourth-order valence-electron chi connectivity index (χ4n) is 5.21. The molecule has 0 aliphatic carbocycles. The number of ether oxygens (including phenoxy) is 3. The minimum absolute atomic E-state index is 0.116. The van der Waals surface area contributed by atoms with Crippen LogP contribution < -0.4 is 25.5 Å². The number of nitrogens with one attached hydrogen (secondary N) is 3. The van der Waals surface area contributed by atoms with E-state index >= 15 is 0 Å². The van der Waals surface area contributed by atoms with Crippen molar-refractivity contribution in [2.24, 2.45) is 5.10 Å². The Morgan fingerprint density at radius 1 is 1.07 bits per heavy atom. The second-order valence-corrected chi connectivity index (χ2v) is 10.4. The number of aryl methyl sites for hydroxylation is 3. The largest absolute Gasteiger partial charge is 0.490 e. The number of hydrazone groups is 1. The molecule has 43 heavy (non-hydrogen) atoms. The van der Waals surface area contributed by atoms with Crippen LogP contribution >= 0.6 is 0 Å². The molecule has 3 aromatic rings. The van der Waals surface area contributed by atoms with E-state index in [0.717, 1.165) is 22.6 Å². The summed E-state index contributed by atoms with van der Waals surface area (Å²) < 4.78 is 18.7. The molecule has 228 valence electrons. The molecule has 2 aromatic carbocycles. The summed E-state index contributed by atoms with van der Waals surface area (Å²) in [6, 6.07) is 12.4. The number of hydrogen-bond acceptors (Lipinski definition) is 8. The van der Waals surface area contributed by atoms with Crippen molar-refractivity contribution in [3.05, 3.63) is 87.4 Å². The van der Waals surface area contributed by atoms with E-state index in [2.05, 4.69) is 57.8 Å². The van der Waals surface area contributed by atoms with E-state index in [1.54, 1.807) is 31.3 Å². The van der Waals surface area contributed by atoms with E-state index in [4.69, 9.17) is 14.2 Å². The van der Waals surface area contributed by atoms with Crippen molar-refractivity contribution in [1.82, 2.24) is 20.6 Å². The van der Waals surface area contributed by atoms with Crippen molar-refractivity contribution in [2.75, 3.05) is 20.3 Å². The molecule has 0 bridgehead atoms. The SMILES string of the molecule is CCOc1cc([C@H]2NC(=O)NC(C)=C2C(=O)OC)ccc1OC[C@@H](O)N/N=C\c1cc(C)n(-c2cc(C)cc(C)c2)c1C. The number of allylic oxidation sites excluding steroid dienone is 1. The first-order valence-electron chi connectivity index (χ1n) is 14.0. The van der Waals surface area contributed by atoms with E-state index < -0.39 is 24.3 Å². The van der Waals surface area contributed by atoms with Crippen LogP contribution in [0.25, 0.3) is 5.69 Å². The van der Waals surface area contributed by atoms with E-state index in [-0.39, 0.29) is 12.2 Å². The first-order chi connectivity index (χ1) is 20.5.